The first kappa shape index (κ1) is 23.4. The van der Waals surface area contributed by atoms with Crippen LogP contribution in [0.4, 0.5) is 0 Å². The summed E-state index contributed by atoms with van der Waals surface area (Å²) in [5, 5.41) is 12.0. The summed E-state index contributed by atoms with van der Waals surface area (Å²) < 4.78 is 0. The molecule has 0 aliphatic rings. The van der Waals surface area contributed by atoms with Gasteiger partial charge in [-0.15, -0.1) is 0 Å². The van der Waals surface area contributed by atoms with Gasteiger partial charge in [-0.05, 0) is 37.8 Å². The minimum absolute atomic E-state index is 0.0405. The van der Waals surface area contributed by atoms with Crippen LogP contribution in [0, 0.1) is 0 Å². The molecule has 4 nitrogen and oxygen atoms in total. The van der Waals surface area contributed by atoms with Crippen molar-refractivity contribution in [3.8, 4) is 0 Å². The van der Waals surface area contributed by atoms with E-state index in [1.54, 1.807) is 0 Å². The van der Waals surface area contributed by atoms with Crippen LogP contribution in [0.25, 0.3) is 6.08 Å². The van der Waals surface area contributed by atoms with Gasteiger partial charge < -0.3 is 10.4 Å². The number of benzene rings is 1. The van der Waals surface area contributed by atoms with Gasteiger partial charge in [0.2, 0.25) is 11.0 Å². The first-order valence-corrected chi connectivity index (χ1v) is 10.8. The van der Waals surface area contributed by atoms with Crippen molar-refractivity contribution in [3.05, 3.63) is 41.5 Å². The average molecular weight is 392 g/mol. The highest BCUT2D eigenvalue weighted by molar-refractivity contribution is 8.14. The molecule has 0 heterocycles. The molecule has 0 aliphatic carbocycles. The van der Waals surface area contributed by atoms with Gasteiger partial charge in [0.05, 0.1) is 6.10 Å². The van der Waals surface area contributed by atoms with Gasteiger partial charge in [-0.25, -0.2) is 0 Å². The molecule has 27 heavy (non-hydrogen) atoms. The van der Waals surface area contributed by atoms with Crippen LogP contribution in [0.5, 0.6) is 0 Å². The quantitative estimate of drug-likeness (QED) is 0.473. The molecule has 1 aromatic carbocycles. The molecule has 1 amide bonds. The van der Waals surface area contributed by atoms with Crippen LogP contribution in [-0.4, -0.2) is 34.5 Å². The van der Waals surface area contributed by atoms with Crippen LogP contribution in [0.3, 0.4) is 0 Å². The second kappa shape index (κ2) is 14.5. The van der Waals surface area contributed by atoms with E-state index < -0.39 is 0 Å². The van der Waals surface area contributed by atoms with E-state index in [0.717, 1.165) is 36.8 Å². The van der Waals surface area contributed by atoms with Gasteiger partial charge in [-0.2, -0.15) is 0 Å². The SMILES string of the molecule is CC(=O)NCCSC(=O)c1ccccc1/C=C/CCCCCCC[C@@H](C)O. The zero-order valence-corrected chi connectivity index (χ0v) is 17.4. The summed E-state index contributed by atoms with van der Waals surface area (Å²) in [6.07, 6.45) is 11.7. The summed E-state index contributed by atoms with van der Waals surface area (Å²) in [5.74, 6) is 0.500. The molecule has 150 valence electrons. The second-order valence-corrected chi connectivity index (χ2v) is 7.87. The zero-order chi connectivity index (χ0) is 19.9. The van der Waals surface area contributed by atoms with Crippen molar-refractivity contribution in [1.29, 1.82) is 0 Å². The summed E-state index contributed by atoms with van der Waals surface area (Å²) in [4.78, 5) is 23.3. The molecule has 0 bridgehead atoms. The van der Waals surface area contributed by atoms with Gasteiger partial charge in [-0.3, -0.25) is 9.59 Å². The highest BCUT2D eigenvalue weighted by Crippen LogP contribution is 2.18. The van der Waals surface area contributed by atoms with Crippen molar-refractivity contribution < 1.29 is 14.7 Å². The molecule has 1 rings (SSSR count). The molecule has 2 N–H and O–H groups in total. The third-order valence-electron chi connectivity index (χ3n) is 4.18. The minimum atomic E-state index is -0.181. The Hall–Kier alpha value is -1.59. The maximum absolute atomic E-state index is 12.4. The summed E-state index contributed by atoms with van der Waals surface area (Å²) >= 11 is 1.24. The van der Waals surface area contributed by atoms with Crippen LogP contribution in [0.15, 0.2) is 30.3 Å². The van der Waals surface area contributed by atoms with E-state index in [-0.39, 0.29) is 17.1 Å². The standard InChI is InChI=1S/C22H33NO3S/c1-18(24)12-8-6-4-3-5-7-9-13-20-14-10-11-15-21(20)22(26)27-17-16-23-19(2)25/h9-11,13-15,18,24H,3-8,12,16-17H2,1-2H3,(H,23,25)/b13-9+/t18-/m1/s1. The molecule has 0 unspecified atom stereocenters. The molecular weight excluding hydrogens is 358 g/mol. The number of rotatable bonds is 13. The highest BCUT2D eigenvalue weighted by Gasteiger charge is 2.09. The fourth-order valence-corrected chi connectivity index (χ4v) is 3.45. The Morgan fingerprint density at radius 1 is 1.15 bits per heavy atom. The van der Waals surface area contributed by atoms with E-state index in [1.807, 2.05) is 37.3 Å². The Morgan fingerprint density at radius 3 is 2.59 bits per heavy atom. The Kier molecular flexibility index (Phi) is 12.6. The lowest BCUT2D eigenvalue weighted by molar-refractivity contribution is -0.118. The summed E-state index contributed by atoms with van der Waals surface area (Å²) in [6, 6.07) is 7.65. The number of carbonyl (C=O) groups excluding carboxylic acids is 2. The summed E-state index contributed by atoms with van der Waals surface area (Å²) in [7, 11) is 0. The van der Waals surface area contributed by atoms with Crippen molar-refractivity contribution >= 4 is 28.9 Å². The van der Waals surface area contributed by atoms with E-state index in [9.17, 15) is 14.7 Å². The predicted octanol–water partition coefficient (Wildman–Crippen LogP) is 4.82. The molecule has 0 aliphatic heterocycles. The summed E-state index contributed by atoms with van der Waals surface area (Å²) in [6.45, 7) is 3.82. The van der Waals surface area contributed by atoms with E-state index >= 15 is 0 Å². The number of nitrogens with one attached hydrogen (secondary N) is 1. The van der Waals surface area contributed by atoms with E-state index in [2.05, 4.69) is 11.4 Å². The van der Waals surface area contributed by atoms with Gasteiger partial charge in [0.1, 0.15) is 0 Å². The monoisotopic (exact) mass is 391 g/mol. The van der Waals surface area contributed by atoms with Crippen molar-refractivity contribution in [2.75, 3.05) is 12.3 Å². The maximum atomic E-state index is 12.4. The molecule has 5 heteroatoms. The third-order valence-corrected chi connectivity index (χ3v) is 5.07. The maximum Gasteiger partial charge on any atom is 0.220 e. The number of amides is 1. The lowest BCUT2D eigenvalue weighted by atomic mass is 10.1. The Bertz CT molecular complexity index is 599. The average Bonchev–Trinajstić information content (AvgIpc) is 2.63. The van der Waals surface area contributed by atoms with E-state index in [1.165, 1.54) is 37.9 Å². The van der Waals surface area contributed by atoms with E-state index in [0.29, 0.717) is 12.3 Å². The van der Waals surface area contributed by atoms with Crippen molar-refractivity contribution in [2.24, 2.45) is 0 Å². The number of allylic oxidation sites excluding steroid dienone is 1. The normalized spacial score (nSPS) is 12.3. The fourth-order valence-electron chi connectivity index (χ4n) is 2.72. The van der Waals surface area contributed by atoms with Crippen molar-refractivity contribution in [2.45, 2.75) is 64.9 Å². The Labute approximate surface area is 167 Å². The lowest BCUT2D eigenvalue weighted by Crippen LogP contribution is -2.22. The minimum Gasteiger partial charge on any atom is -0.393 e. The topological polar surface area (TPSA) is 66.4 Å². The number of carbonyl (C=O) groups is 2. The smallest absolute Gasteiger partial charge is 0.220 e. The molecular formula is C22H33NO3S. The van der Waals surface area contributed by atoms with Crippen LogP contribution >= 0.6 is 11.8 Å². The van der Waals surface area contributed by atoms with Crippen LogP contribution in [0.1, 0.15) is 74.7 Å². The molecule has 0 saturated heterocycles. The van der Waals surface area contributed by atoms with Gasteiger partial charge in [0, 0.05) is 24.8 Å². The number of hydrogen-bond donors (Lipinski definition) is 2. The number of aliphatic hydroxyl groups is 1. The first-order chi connectivity index (χ1) is 13.0. The fraction of sp³-hybridized carbons (Fsp3) is 0.545. The van der Waals surface area contributed by atoms with Gasteiger partial charge in [-0.1, -0.05) is 67.8 Å². The molecule has 0 spiro atoms. The number of hydrogen-bond acceptors (Lipinski definition) is 4. The lowest BCUT2D eigenvalue weighted by Gasteiger charge is -2.05. The molecule has 0 aromatic heterocycles. The molecule has 0 saturated carbocycles. The van der Waals surface area contributed by atoms with Gasteiger partial charge in [0.15, 0.2) is 0 Å². The van der Waals surface area contributed by atoms with Gasteiger partial charge in [0.25, 0.3) is 0 Å². The summed E-state index contributed by atoms with van der Waals surface area (Å²) in [5.41, 5.74) is 1.67. The van der Waals surface area contributed by atoms with Crippen molar-refractivity contribution in [3.63, 3.8) is 0 Å². The van der Waals surface area contributed by atoms with Crippen LogP contribution in [-0.2, 0) is 4.79 Å². The van der Waals surface area contributed by atoms with Gasteiger partial charge >= 0.3 is 0 Å². The zero-order valence-electron chi connectivity index (χ0n) is 16.6. The number of aliphatic hydroxyl groups excluding tert-OH is 1. The largest absolute Gasteiger partial charge is 0.393 e. The second-order valence-electron chi connectivity index (χ2n) is 6.80. The Balaban J connectivity index is 2.33. The first-order valence-electron chi connectivity index (χ1n) is 9.86. The molecule has 0 fully saturated rings. The highest BCUT2D eigenvalue weighted by atomic mass is 32.2. The molecule has 0 radical (unpaired) electrons. The predicted molar refractivity (Wildman–Crippen MR) is 115 cm³/mol. The van der Waals surface area contributed by atoms with Crippen molar-refractivity contribution in [1.82, 2.24) is 5.32 Å². The Morgan fingerprint density at radius 2 is 1.85 bits per heavy atom. The van der Waals surface area contributed by atoms with Crippen LogP contribution < -0.4 is 5.32 Å². The number of thioether (sulfide) groups is 1. The van der Waals surface area contributed by atoms with E-state index in [4.69, 9.17) is 0 Å². The molecule has 1 aromatic rings. The number of unbranched alkanes of at least 4 members (excludes halogenated alkanes) is 5. The molecule has 1 atom stereocenters. The van der Waals surface area contributed by atoms with Crippen LogP contribution in [0.2, 0.25) is 0 Å². The third kappa shape index (κ3) is 11.7.